The molecule has 0 spiro atoms. The quantitative estimate of drug-likeness (QED) is 0.775. The van der Waals surface area contributed by atoms with E-state index in [0.29, 0.717) is 6.04 Å². The molecule has 1 fully saturated rings. The third-order valence-electron chi connectivity index (χ3n) is 3.99. The van der Waals surface area contributed by atoms with Crippen molar-refractivity contribution in [2.24, 2.45) is 5.92 Å². The summed E-state index contributed by atoms with van der Waals surface area (Å²) in [5.74, 6) is 0.945. The summed E-state index contributed by atoms with van der Waals surface area (Å²) in [6.45, 7) is 3.13. The summed E-state index contributed by atoms with van der Waals surface area (Å²) in [6, 6.07) is 2.94. The van der Waals surface area contributed by atoms with Gasteiger partial charge in [-0.2, -0.15) is 5.26 Å². The predicted octanol–water partition coefficient (Wildman–Crippen LogP) is 2.00. The van der Waals surface area contributed by atoms with Gasteiger partial charge in [-0.25, -0.2) is 0 Å². The van der Waals surface area contributed by atoms with Crippen LogP contribution in [-0.2, 0) is 0 Å². The molecule has 1 N–H and O–H groups in total. The van der Waals surface area contributed by atoms with E-state index in [-0.39, 0.29) is 6.04 Å². The molecule has 1 saturated carbocycles. The molecule has 92 valence electrons. The van der Waals surface area contributed by atoms with Crippen LogP contribution in [0.5, 0.6) is 0 Å². The number of nitrogens with one attached hydrogen (secondary N) is 1. The Kier molecular flexibility index (Phi) is 5.79. The Morgan fingerprint density at radius 2 is 2.00 bits per heavy atom. The minimum atomic E-state index is -0.0334. The highest BCUT2D eigenvalue weighted by Crippen LogP contribution is 2.28. The fraction of sp³-hybridized carbons (Fsp3) is 0.923. The van der Waals surface area contributed by atoms with Crippen LogP contribution in [0.3, 0.4) is 0 Å². The number of hydrogen-bond acceptors (Lipinski definition) is 3. The Bertz CT molecular complexity index is 226. The maximum Gasteiger partial charge on any atom is 0.108 e. The van der Waals surface area contributed by atoms with E-state index < -0.39 is 0 Å². The van der Waals surface area contributed by atoms with Crippen molar-refractivity contribution in [3.63, 3.8) is 0 Å². The highest BCUT2D eigenvalue weighted by molar-refractivity contribution is 4.92. The molecular formula is C13H25N3. The summed E-state index contributed by atoms with van der Waals surface area (Å²) in [5.41, 5.74) is 0. The van der Waals surface area contributed by atoms with Crippen LogP contribution in [0.2, 0.25) is 0 Å². The van der Waals surface area contributed by atoms with Gasteiger partial charge in [0.05, 0.1) is 6.07 Å². The Morgan fingerprint density at radius 3 is 2.44 bits per heavy atom. The van der Waals surface area contributed by atoms with E-state index in [4.69, 9.17) is 5.26 Å². The van der Waals surface area contributed by atoms with Crippen LogP contribution in [0.15, 0.2) is 0 Å². The maximum absolute atomic E-state index is 8.91. The Labute approximate surface area is 99.8 Å². The summed E-state index contributed by atoms with van der Waals surface area (Å²) >= 11 is 0. The molecule has 1 aliphatic rings. The molecule has 3 nitrogen and oxygen atoms in total. The molecule has 0 saturated heterocycles. The smallest absolute Gasteiger partial charge is 0.108 e. The lowest BCUT2D eigenvalue weighted by Gasteiger charge is -2.35. The van der Waals surface area contributed by atoms with E-state index in [1.165, 1.54) is 32.1 Å². The van der Waals surface area contributed by atoms with E-state index in [2.05, 4.69) is 30.3 Å². The third-order valence-corrected chi connectivity index (χ3v) is 3.99. The van der Waals surface area contributed by atoms with Gasteiger partial charge in [-0.05, 0) is 45.7 Å². The van der Waals surface area contributed by atoms with Crippen LogP contribution in [-0.4, -0.2) is 37.6 Å². The minimum absolute atomic E-state index is 0.0334. The van der Waals surface area contributed by atoms with E-state index in [9.17, 15) is 0 Å². The normalized spacial score (nSPS) is 27.7. The number of rotatable bonds is 5. The van der Waals surface area contributed by atoms with Crippen LogP contribution in [0.1, 0.15) is 39.0 Å². The molecule has 1 aliphatic carbocycles. The number of nitriles is 1. The Balaban J connectivity index is 2.33. The van der Waals surface area contributed by atoms with Crippen molar-refractivity contribution in [1.29, 1.82) is 5.26 Å². The highest BCUT2D eigenvalue weighted by atomic mass is 15.1. The third kappa shape index (κ3) is 3.77. The topological polar surface area (TPSA) is 39.1 Å². The monoisotopic (exact) mass is 223 g/mol. The zero-order valence-electron chi connectivity index (χ0n) is 10.9. The average molecular weight is 223 g/mol. The molecule has 1 atom stereocenters. The molecule has 0 radical (unpaired) electrons. The lowest BCUT2D eigenvalue weighted by atomic mass is 9.84. The SMILES string of the molecule is CCC1CCC(N(C)CC(C#N)NC)CC1. The second kappa shape index (κ2) is 6.88. The molecule has 0 bridgehead atoms. The van der Waals surface area contributed by atoms with Crippen LogP contribution in [0.25, 0.3) is 0 Å². The largest absolute Gasteiger partial charge is 0.304 e. The van der Waals surface area contributed by atoms with Gasteiger partial charge in [-0.3, -0.25) is 0 Å². The minimum Gasteiger partial charge on any atom is -0.304 e. The first kappa shape index (κ1) is 13.5. The van der Waals surface area contributed by atoms with E-state index >= 15 is 0 Å². The molecule has 1 unspecified atom stereocenters. The standard InChI is InChI=1S/C13H25N3/c1-4-11-5-7-13(8-6-11)16(3)10-12(9-14)15-2/h11-13,15H,4-8,10H2,1-3H3. The number of nitrogens with zero attached hydrogens (tertiary/aromatic N) is 2. The maximum atomic E-state index is 8.91. The van der Waals surface area contributed by atoms with Crippen molar-refractivity contribution < 1.29 is 0 Å². The van der Waals surface area contributed by atoms with Crippen molar-refractivity contribution in [3.05, 3.63) is 0 Å². The van der Waals surface area contributed by atoms with Crippen molar-refractivity contribution >= 4 is 0 Å². The highest BCUT2D eigenvalue weighted by Gasteiger charge is 2.24. The molecule has 3 heteroatoms. The molecule has 0 aromatic heterocycles. The van der Waals surface area contributed by atoms with E-state index in [1.54, 1.807) is 0 Å². The number of likely N-dealkylation sites (N-methyl/N-ethyl adjacent to an activating group) is 2. The lowest BCUT2D eigenvalue weighted by Crippen LogP contribution is -2.43. The molecule has 0 aromatic rings. The van der Waals surface area contributed by atoms with Gasteiger partial charge in [0.2, 0.25) is 0 Å². The average Bonchev–Trinajstić information content (AvgIpc) is 2.35. The van der Waals surface area contributed by atoms with Crippen molar-refractivity contribution in [2.45, 2.75) is 51.1 Å². The Morgan fingerprint density at radius 1 is 1.38 bits per heavy atom. The van der Waals surface area contributed by atoms with Gasteiger partial charge in [0.25, 0.3) is 0 Å². The number of hydrogen-bond donors (Lipinski definition) is 1. The predicted molar refractivity (Wildman–Crippen MR) is 67.1 cm³/mol. The van der Waals surface area contributed by atoms with Gasteiger partial charge in [0.15, 0.2) is 0 Å². The van der Waals surface area contributed by atoms with Gasteiger partial charge >= 0.3 is 0 Å². The van der Waals surface area contributed by atoms with Gasteiger partial charge in [-0.15, -0.1) is 0 Å². The summed E-state index contributed by atoms with van der Waals surface area (Å²) in [4.78, 5) is 2.36. The summed E-state index contributed by atoms with van der Waals surface area (Å²) in [6.07, 6.45) is 6.66. The molecule has 0 heterocycles. The van der Waals surface area contributed by atoms with Crippen molar-refractivity contribution in [3.8, 4) is 6.07 Å². The van der Waals surface area contributed by atoms with Gasteiger partial charge < -0.3 is 10.2 Å². The zero-order chi connectivity index (χ0) is 12.0. The first-order valence-corrected chi connectivity index (χ1v) is 6.48. The molecule has 0 amide bonds. The molecular weight excluding hydrogens is 198 g/mol. The van der Waals surface area contributed by atoms with Crippen LogP contribution >= 0.6 is 0 Å². The van der Waals surface area contributed by atoms with Crippen molar-refractivity contribution in [2.75, 3.05) is 20.6 Å². The fourth-order valence-corrected chi connectivity index (χ4v) is 2.63. The van der Waals surface area contributed by atoms with Crippen LogP contribution in [0.4, 0.5) is 0 Å². The fourth-order valence-electron chi connectivity index (χ4n) is 2.63. The molecule has 16 heavy (non-hydrogen) atoms. The molecule has 0 aromatic carbocycles. The molecule has 0 aliphatic heterocycles. The van der Waals surface area contributed by atoms with Gasteiger partial charge in [0, 0.05) is 12.6 Å². The van der Waals surface area contributed by atoms with E-state index in [1.807, 2.05) is 7.05 Å². The van der Waals surface area contributed by atoms with E-state index in [0.717, 1.165) is 12.5 Å². The lowest BCUT2D eigenvalue weighted by molar-refractivity contribution is 0.158. The van der Waals surface area contributed by atoms with Crippen LogP contribution in [0, 0.1) is 17.2 Å². The van der Waals surface area contributed by atoms with Crippen molar-refractivity contribution in [1.82, 2.24) is 10.2 Å². The Hall–Kier alpha value is -0.590. The second-order valence-corrected chi connectivity index (χ2v) is 4.99. The van der Waals surface area contributed by atoms with Gasteiger partial charge in [-0.1, -0.05) is 13.3 Å². The summed E-state index contributed by atoms with van der Waals surface area (Å²) in [7, 11) is 4.01. The first-order chi connectivity index (χ1) is 7.71. The van der Waals surface area contributed by atoms with Gasteiger partial charge in [0.1, 0.15) is 6.04 Å². The zero-order valence-corrected chi connectivity index (χ0v) is 10.9. The second-order valence-electron chi connectivity index (χ2n) is 4.99. The molecule has 1 rings (SSSR count). The summed E-state index contributed by atoms with van der Waals surface area (Å²) < 4.78 is 0. The first-order valence-electron chi connectivity index (χ1n) is 6.48. The summed E-state index contributed by atoms with van der Waals surface area (Å²) in [5, 5.41) is 12.0. The van der Waals surface area contributed by atoms with Crippen LogP contribution < -0.4 is 5.32 Å².